The van der Waals surface area contributed by atoms with E-state index in [0.717, 1.165) is 70.0 Å². The van der Waals surface area contributed by atoms with Gasteiger partial charge in [-0.15, -0.1) is 0 Å². The number of ketones is 2. The van der Waals surface area contributed by atoms with E-state index >= 15 is 0 Å². The molecule has 4 heterocycles. The number of benzene rings is 3. The Labute approximate surface area is 344 Å². The third kappa shape index (κ3) is 8.08. The van der Waals surface area contributed by atoms with Crippen molar-refractivity contribution in [2.24, 2.45) is 14.1 Å². The Morgan fingerprint density at radius 2 is 1.19 bits per heavy atom. The first-order valence-corrected chi connectivity index (χ1v) is 20.7. The van der Waals surface area contributed by atoms with Gasteiger partial charge in [0, 0.05) is 66.0 Å². The van der Waals surface area contributed by atoms with Crippen LogP contribution in [0, 0.1) is 0 Å². The van der Waals surface area contributed by atoms with Crippen molar-refractivity contribution >= 4 is 45.3 Å². The van der Waals surface area contributed by atoms with Gasteiger partial charge in [0.15, 0.2) is 0 Å². The maximum absolute atomic E-state index is 13.1. The molecule has 2 N–H and O–H groups in total. The van der Waals surface area contributed by atoms with Crippen molar-refractivity contribution in [1.82, 2.24) is 39.5 Å². The van der Waals surface area contributed by atoms with Gasteiger partial charge in [0.25, 0.3) is 0 Å². The van der Waals surface area contributed by atoms with Gasteiger partial charge < -0.3 is 10.6 Å². The molecule has 10 rings (SSSR count). The fourth-order valence-corrected chi connectivity index (χ4v) is 8.81. The van der Waals surface area contributed by atoms with Crippen molar-refractivity contribution in [3.8, 4) is 11.4 Å². The average Bonchev–Trinajstić information content (AvgIpc) is 3.81. The second-order valence-electron chi connectivity index (χ2n) is 15.8. The van der Waals surface area contributed by atoms with E-state index in [1.165, 1.54) is 51.4 Å². The second-order valence-corrected chi connectivity index (χ2v) is 15.8. The van der Waals surface area contributed by atoms with Crippen LogP contribution in [0.15, 0.2) is 85.2 Å². The predicted octanol–water partition coefficient (Wildman–Crippen LogP) is 9.08. The van der Waals surface area contributed by atoms with Gasteiger partial charge in [-0.2, -0.15) is 10.2 Å². The molecule has 3 aliphatic rings. The monoisotopic (exact) mass is 788 g/mol. The molecule has 302 valence electrons. The van der Waals surface area contributed by atoms with Crippen LogP contribution < -0.4 is 10.6 Å². The second kappa shape index (κ2) is 17.3. The van der Waals surface area contributed by atoms with Crippen molar-refractivity contribution < 1.29 is 9.59 Å². The van der Waals surface area contributed by atoms with E-state index in [-0.39, 0.29) is 19.0 Å². The smallest absolute Gasteiger partial charge is 0.223 e. The summed E-state index contributed by atoms with van der Waals surface area (Å²) in [5.74, 6) is 1.22. The predicted molar refractivity (Wildman–Crippen MR) is 233 cm³/mol. The number of anilines is 2. The highest BCUT2D eigenvalue weighted by atomic mass is 16.1. The molecule has 3 aromatic carbocycles. The van der Waals surface area contributed by atoms with E-state index in [9.17, 15) is 9.59 Å². The minimum absolute atomic E-state index is 0. The lowest BCUT2D eigenvalue weighted by Crippen LogP contribution is -2.24. The molecule has 4 aromatic heterocycles. The standard InChI is InChI=1S/C23H25N5O.C23H23N5O.CH4/c2*1-28-21-18(20(27-28)22(29)15-8-4-2-5-9-15)13-12-16-14-24-23(26-19(16)21)25-17-10-6-3-7-11-17;/h2,4-5,8-9,14,17H,3,6-7,10-13H2,1H3,(H,24,25,26);2,4-5,8-9,12-14,17H,3,6-7,10-11H2,1H3,(H,24,25,26);1H4. The number of aromatic nitrogens is 8. The van der Waals surface area contributed by atoms with Crippen LogP contribution in [0.3, 0.4) is 0 Å². The van der Waals surface area contributed by atoms with Gasteiger partial charge in [-0.1, -0.05) is 113 Å². The Morgan fingerprint density at radius 3 is 1.81 bits per heavy atom. The van der Waals surface area contributed by atoms with E-state index < -0.39 is 0 Å². The van der Waals surface area contributed by atoms with Crippen LogP contribution in [0.5, 0.6) is 0 Å². The Kier molecular flexibility index (Phi) is 11.6. The fraction of sp³-hybridized carbons (Fsp3) is 0.362. The van der Waals surface area contributed by atoms with E-state index in [2.05, 4.69) is 30.8 Å². The van der Waals surface area contributed by atoms with Crippen LogP contribution in [0.4, 0.5) is 11.9 Å². The largest absolute Gasteiger partial charge is 0.351 e. The topological polar surface area (TPSA) is 145 Å². The molecule has 0 spiro atoms. The normalized spacial score (nSPS) is 15.4. The molecule has 0 aliphatic heterocycles. The van der Waals surface area contributed by atoms with Crippen molar-refractivity contribution in [3.05, 3.63) is 119 Å². The number of hydrogen-bond donors (Lipinski definition) is 2. The minimum atomic E-state index is -0.0786. The van der Waals surface area contributed by atoms with Crippen LogP contribution in [0.1, 0.15) is 115 Å². The molecule has 0 atom stereocenters. The highest BCUT2D eigenvalue weighted by Crippen LogP contribution is 2.35. The Bertz CT molecular complexity index is 2600. The van der Waals surface area contributed by atoms with E-state index in [0.29, 0.717) is 46.5 Å². The van der Waals surface area contributed by atoms with E-state index in [4.69, 9.17) is 9.97 Å². The molecule has 0 radical (unpaired) electrons. The lowest BCUT2D eigenvalue weighted by Gasteiger charge is -2.24. The lowest BCUT2D eigenvalue weighted by molar-refractivity contribution is 0.102. The van der Waals surface area contributed by atoms with Gasteiger partial charge in [-0.05, 0) is 50.2 Å². The lowest BCUT2D eigenvalue weighted by atomic mass is 9.91. The van der Waals surface area contributed by atoms with Crippen molar-refractivity contribution in [1.29, 1.82) is 0 Å². The van der Waals surface area contributed by atoms with E-state index in [1.54, 1.807) is 9.36 Å². The van der Waals surface area contributed by atoms with Gasteiger partial charge in [-0.3, -0.25) is 19.0 Å². The highest BCUT2D eigenvalue weighted by Gasteiger charge is 2.30. The summed E-state index contributed by atoms with van der Waals surface area (Å²) in [6, 6.07) is 23.4. The molecule has 2 saturated carbocycles. The summed E-state index contributed by atoms with van der Waals surface area (Å²) < 4.78 is 3.56. The van der Waals surface area contributed by atoms with Gasteiger partial charge >= 0.3 is 0 Å². The Balaban J connectivity index is 0.000000161. The summed E-state index contributed by atoms with van der Waals surface area (Å²) in [6.07, 6.45) is 17.7. The molecule has 3 aliphatic carbocycles. The van der Waals surface area contributed by atoms with Crippen LogP contribution in [-0.2, 0) is 26.9 Å². The van der Waals surface area contributed by atoms with Crippen molar-refractivity contribution in [2.75, 3.05) is 10.6 Å². The third-order valence-corrected chi connectivity index (χ3v) is 11.8. The number of nitrogens with one attached hydrogen (secondary N) is 2. The first kappa shape index (κ1) is 39.5. The van der Waals surface area contributed by atoms with Gasteiger partial charge in [0.1, 0.15) is 16.9 Å². The third-order valence-electron chi connectivity index (χ3n) is 11.8. The first-order valence-electron chi connectivity index (χ1n) is 20.7. The summed E-state index contributed by atoms with van der Waals surface area (Å²) in [4.78, 5) is 44.8. The number of fused-ring (bicyclic) bond motifs is 6. The molecule has 12 nitrogen and oxygen atoms in total. The van der Waals surface area contributed by atoms with Crippen LogP contribution in [0.2, 0.25) is 0 Å². The fourth-order valence-electron chi connectivity index (χ4n) is 8.81. The Morgan fingerprint density at radius 1 is 0.627 bits per heavy atom. The minimum Gasteiger partial charge on any atom is -0.351 e. The molecule has 12 heteroatoms. The van der Waals surface area contributed by atoms with Gasteiger partial charge in [-0.25, -0.2) is 19.9 Å². The van der Waals surface area contributed by atoms with Gasteiger partial charge in [0.2, 0.25) is 23.5 Å². The number of hydrogen-bond acceptors (Lipinski definition) is 10. The molecular weight excluding hydrogens is 737 g/mol. The molecule has 59 heavy (non-hydrogen) atoms. The summed E-state index contributed by atoms with van der Waals surface area (Å²) in [6.45, 7) is 0. The summed E-state index contributed by atoms with van der Waals surface area (Å²) in [5, 5.41) is 17.9. The summed E-state index contributed by atoms with van der Waals surface area (Å²) in [5.41, 5.74) is 7.94. The van der Waals surface area contributed by atoms with Crippen LogP contribution in [-0.4, -0.2) is 63.1 Å². The zero-order chi connectivity index (χ0) is 39.6. The molecule has 0 saturated heterocycles. The quantitative estimate of drug-likeness (QED) is 0.143. The summed E-state index contributed by atoms with van der Waals surface area (Å²) >= 11 is 0. The van der Waals surface area contributed by atoms with Crippen LogP contribution in [0.25, 0.3) is 33.2 Å². The van der Waals surface area contributed by atoms with Crippen LogP contribution >= 0.6 is 0 Å². The van der Waals surface area contributed by atoms with Crippen molar-refractivity contribution in [3.63, 3.8) is 0 Å². The Hall–Kier alpha value is -6.30. The SMILES string of the molecule is C.Cn1nc(C(=O)c2ccccc2)c2c1-c1nc(NC3CCCCC3)ncc1CC2.Cn1nc(C(=O)c2ccccc2)c2ccc3cnc(NC4CCCCC4)nc3c21. The molecule has 7 aromatic rings. The number of carbonyl (C=O) groups excluding carboxylic acids is 2. The maximum Gasteiger partial charge on any atom is 0.223 e. The average molecular weight is 789 g/mol. The highest BCUT2D eigenvalue weighted by molar-refractivity contribution is 6.18. The molecule has 0 amide bonds. The first-order chi connectivity index (χ1) is 28.4. The molecule has 0 unspecified atom stereocenters. The maximum atomic E-state index is 13.1. The zero-order valence-electron chi connectivity index (χ0n) is 33.1. The number of rotatable bonds is 8. The zero-order valence-corrected chi connectivity index (χ0v) is 33.1. The molecular formula is C47H52N10O2. The number of aryl methyl sites for hydroxylation is 3. The van der Waals surface area contributed by atoms with Gasteiger partial charge in [0.05, 0.1) is 16.9 Å². The molecule has 2 fully saturated rings. The van der Waals surface area contributed by atoms with E-state index in [1.807, 2.05) is 99.3 Å². The summed E-state index contributed by atoms with van der Waals surface area (Å²) in [7, 11) is 3.76. The van der Waals surface area contributed by atoms with Crippen molar-refractivity contribution in [2.45, 2.75) is 96.6 Å². The molecule has 0 bridgehead atoms. The number of nitrogens with zero attached hydrogens (tertiary/aromatic N) is 8. The number of carbonyl (C=O) groups is 2.